The van der Waals surface area contributed by atoms with Crippen molar-refractivity contribution in [3.63, 3.8) is 0 Å². The second kappa shape index (κ2) is 4.46. The lowest BCUT2D eigenvalue weighted by atomic mass is 9.60. The van der Waals surface area contributed by atoms with Crippen molar-refractivity contribution in [3.05, 3.63) is 29.8 Å². The van der Waals surface area contributed by atoms with Gasteiger partial charge in [-0.05, 0) is 31.7 Å². The maximum absolute atomic E-state index is 11.5. The number of hydrogen-bond acceptors (Lipinski definition) is 4. The van der Waals surface area contributed by atoms with Gasteiger partial charge in [-0.15, -0.1) is 0 Å². The first-order valence-corrected chi connectivity index (χ1v) is 7.79. The summed E-state index contributed by atoms with van der Waals surface area (Å²) in [5.74, 6) is 0.754. The number of nitrogens with zero attached hydrogens (tertiary/aromatic N) is 1. The van der Waals surface area contributed by atoms with Gasteiger partial charge in [0.25, 0.3) is 0 Å². The molecule has 4 rings (SSSR count). The van der Waals surface area contributed by atoms with E-state index in [4.69, 9.17) is 4.74 Å². The fraction of sp³-hybridized carbons (Fsp3) is 0.588. The molecule has 0 saturated carbocycles. The van der Waals surface area contributed by atoms with Gasteiger partial charge in [0.15, 0.2) is 0 Å². The minimum absolute atomic E-state index is 0.342. The van der Waals surface area contributed by atoms with E-state index in [0.717, 1.165) is 24.2 Å². The van der Waals surface area contributed by atoms with Gasteiger partial charge in [-0.2, -0.15) is 5.26 Å². The highest BCUT2D eigenvalue weighted by atomic mass is 16.5. The molecule has 21 heavy (non-hydrogen) atoms. The summed E-state index contributed by atoms with van der Waals surface area (Å²) < 4.78 is 5.71. The quantitative estimate of drug-likeness (QED) is 0.826. The molecule has 3 aliphatic heterocycles. The zero-order valence-electron chi connectivity index (χ0n) is 12.0. The number of hydrogen-bond donors (Lipinski definition) is 2. The van der Waals surface area contributed by atoms with Gasteiger partial charge >= 0.3 is 0 Å². The van der Waals surface area contributed by atoms with E-state index in [0.29, 0.717) is 38.0 Å². The Morgan fingerprint density at radius 1 is 1.24 bits per heavy atom. The Hall–Kier alpha value is -1.57. The maximum Gasteiger partial charge on any atom is 0.124 e. The van der Waals surface area contributed by atoms with Crippen LogP contribution in [0.15, 0.2) is 24.3 Å². The monoisotopic (exact) mass is 284 g/mol. The van der Waals surface area contributed by atoms with Crippen molar-refractivity contribution < 1.29 is 9.84 Å². The first-order valence-electron chi connectivity index (χ1n) is 7.79. The second-order valence-corrected chi connectivity index (χ2v) is 6.69. The van der Waals surface area contributed by atoms with Crippen molar-refractivity contribution in [1.29, 1.82) is 5.26 Å². The van der Waals surface area contributed by atoms with E-state index < -0.39 is 11.0 Å². The van der Waals surface area contributed by atoms with Crippen LogP contribution in [-0.4, -0.2) is 29.4 Å². The molecule has 2 N–H and O–H groups in total. The van der Waals surface area contributed by atoms with Gasteiger partial charge in [-0.1, -0.05) is 18.2 Å². The molecular weight excluding hydrogens is 264 g/mol. The van der Waals surface area contributed by atoms with Gasteiger partial charge in [-0.3, -0.25) is 0 Å². The molecule has 3 unspecified atom stereocenters. The third-order valence-corrected chi connectivity index (χ3v) is 5.57. The Kier molecular flexibility index (Phi) is 2.79. The van der Waals surface area contributed by atoms with Crippen LogP contribution in [-0.2, 0) is 5.41 Å². The van der Waals surface area contributed by atoms with Crippen molar-refractivity contribution >= 4 is 0 Å². The van der Waals surface area contributed by atoms with Crippen LogP contribution in [0.2, 0.25) is 0 Å². The average molecular weight is 284 g/mol. The zero-order chi connectivity index (χ0) is 14.5. The summed E-state index contributed by atoms with van der Waals surface area (Å²) in [6.45, 7) is 0.496. The number of para-hydroxylation sites is 1. The standard InChI is InChI=1S/C17H20N2O2/c18-11-16(7-8-21-15-4-2-1-3-14(15)16)17(20)9-12-5-6-13(10-17)19-12/h1-4,12-13,19-20H,5-10H2. The molecule has 3 aliphatic rings. The molecule has 3 atom stereocenters. The number of benzene rings is 1. The number of ether oxygens (including phenoxy) is 1. The van der Waals surface area contributed by atoms with E-state index in [9.17, 15) is 10.4 Å². The highest BCUT2D eigenvalue weighted by Crippen LogP contribution is 2.51. The summed E-state index contributed by atoms with van der Waals surface area (Å²) in [5.41, 5.74) is -0.939. The predicted octanol–water partition coefficient (Wildman–Crippen LogP) is 1.88. The van der Waals surface area contributed by atoms with Gasteiger partial charge in [0, 0.05) is 24.1 Å². The van der Waals surface area contributed by atoms with Crippen molar-refractivity contribution in [1.82, 2.24) is 5.32 Å². The summed E-state index contributed by atoms with van der Waals surface area (Å²) in [7, 11) is 0. The smallest absolute Gasteiger partial charge is 0.124 e. The molecule has 1 aromatic rings. The number of fused-ring (bicyclic) bond motifs is 3. The van der Waals surface area contributed by atoms with Crippen LogP contribution in [0, 0.1) is 11.3 Å². The highest BCUT2D eigenvalue weighted by molar-refractivity contribution is 5.48. The van der Waals surface area contributed by atoms with Crippen LogP contribution >= 0.6 is 0 Å². The van der Waals surface area contributed by atoms with Crippen LogP contribution < -0.4 is 10.1 Å². The van der Waals surface area contributed by atoms with E-state index in [2.05, 4.69) is 11.4 Å². The SMILES string of the molecule is N#CC1(C2(O)CC3CCC(C2)N3)CCOc2ccccc21. The van der Waals surface area contributed by atoms with Gasteiger partial charge in [0.05, 0.1) is 18.3 Å². The number of rotatable bonds is 1. The van der Waals surface area contributed by atoms with Crippen LogP contribution in [0.5, 0.6) is 5.75 Å². The van der Waals surface area contributed by atoms with Crippen molar-refractivity contribution in [2.75, 3.05) is 6.61 Å². The van der Waals surface area contributed by atoms with Gasteiger partial charge in [0.2, 0.25) is 0 Å². The molecular formula is C17H20N2O2. The first-order chi connectivity index (χ1) is 10.2. The lowest BCUT2D eigenvalue weighted by Gasteiger charge is -2.49. The predicted molar refractivity (Wildman–Crippen MR) is 78.0 cm³/mol. The fourth-order valence-electron chi connectivity index (χ4n) is 4.57. The van der Waals surface area contributed by atoms with Crippen molar-refractivity contribution in [2.24, 2.45) is 0 Å². The van der Waals surface area contributed by atoms with E-state index in [1.165, 1.54) is 0 Å². The zero-order valence-corrected chi connectivity index (χ0v) is 12.0. The molecule has 2 saturated heterocycles. The molecule has 1 aromatic carbocycles. The molecule has 0 aliphatic carbocycles. The Morgan fingerprint density at radius 3 is 2.67 bits per heavy atom. The van der Waals surface area contributed by atoms with Crippen LogP contribution in [0.25, 0.3) is 0 Å². The average Bonchev–Trinajstić information content (AvgIpc) is 2.85. The molecule has 0 aromatic heterocycles. The van der Waals surface area contributed by atoms with Crippen LogP contribution in [0.3, 0.4) is 0 Å². The molecule has 0 amide bonds. The maximum atomic E-state index is 11.5. The van der Waals surface area contributed by atoms with Crippen LogP contribution in [0.1, 0.15) is 37.7 Å². The molecule has 4 heteroatoms. The van der Waals surface area contributed by atoms with E-state index in [1.807, 2.05) is 24.3 Å². The molecule has 0 radical (unpaired) electrons. The van der Waals surface area contributed by atoms with Crippen LogP contribution in [0.4, 0.5) is 0 Å². The lowest BCUT2D eigenvalue weighted by Crippen LogP contribution is -2.60. The van der Waals surface area contributed by atoms with Gasteiger partial charge in [-0.25, -0.2) is 0 Å². The second-order valence-electron chi connectivity index (χ2n) is 6.69. The fourth-order valence-corrected chi connectivity index (χ4v) is 4.57. The lowest BCUT2D eigenvalue weighted by molar-refractivity contribution is -0.0674. The molecule has 0 spiro atoms. The van der Waals surface area contributed by atoms with E-state index >= 15 is 0 Å². The number of nitriles is 1. The minimum Gasteiger partial charge on any atom is -0.493 e. The number of piperidine rings is 1. The number of aliphatic hydroxyl groups is 1. The summed E-state index contributed by atoms with van der Waals surface area (Å²) in [6, 6.07) is 10.9. The Morgan fingerprint density at radius 2 is 1.95 bits per heavy atom. The van der Waals surface area contributed by atoms with E-state index in [1.54, 1.807) is 0 Å². The normalized spacial score (nSPS) is 41.0. The molecule has 3 heterocycles. The molecule has 4 nitrogen and oxygen atoms in total. The third kappa shape index (κ3) is 1.74. The molecule has 2 fully saturated rings. The van der Waals surface area contributed by atoms with Crippen molar-refractivity contribution in [2.45, 2.75) is 55.2 Å². The van der Waals surface area contributed by atoms with E-state index in [-0.39, 0.29) is 0 Å². The number of nitrogens with one attached hydrogen (secondary N) is 1. The Balaban J connectivity index is 1.83. The molecule has 2 bridgehead atoms. The summed E-state index contributed by atoms with van der Waals surface area (Å²) in [6.07, 6.45) is 4.09. The summed E-state index contributed by atoms with van der Waals surface area (Å²) in [5, 5.41) is 25.0. The van der Waals surface area contributed by atoms with Gasteiger partial charge in [0.1, 0.15) is 11.2 Å². The minimum atomic E-state index is -0.960. The summed E-state index contributed by atoms with van der Waals surface area (Å²) >= 11 is 0. The van der Waals surface area contributed by atoms with Gasteiger partial charge < -0.3 is 15.2 Å². The Labute approximate surface area is 124 Å². The topological polar surface area (TPSA) is 65.3 Å². The third-order valence-electron chi connectivity index (χ3n) is 5.57. The Bertz CT molecular complexity index is 597. The molecule has 110 valence electrons. The first kappa shape index (κ1) is 13.1. The summed E-state index contributed by atoms with van der Waals surface area (Å²) in [4.78, 5) is 0. The highest BCUT2D eigenvalue weighted by Gasteiger charge is 2.58. The van der Waals surface area contributed by atoms with Crippen molar-refractivity contribution in [3.8, 4) is 11.8 Å². The largest absolute Gasteiger partial charge is 0.493 e.